The molecule has 0 saturated heterocycles. The van der Waals surface area contributed by atoms with E-state index in [0.717, 1.165) is 11.0 Å². The van der Waals surface area contributed by atoms with Crippen molar-refractivity contribution in [3.05, 3.63) is 29.1 Å². The number of halogens is 4. The van der Waals surface area contributed by atoms with Gasteiger partial charge in [-0.15, -0.1) is 0 Å². The lowest BCUT2D eigenvalue weighted by atomic mass is 10.1. The van der Waals surface area contributed by atoms with Gasteiger partial charge in [0.1, 0.15) is 5.82 Å². The fourth-order valence-electron chi connectivity index (χ4n) is 1.72. The van der Waals surface area contributed by atoms with Crippen molar-refractivity contribution in [1.82, 2.24) is 0 Å². The molecule has 0 aliphatic carbocycles. The summed E-state index contributed by atoms with van der Waals surface area (Å²) in [7, 11) is 1.40. The minimum Gasteiger partial charge on any atom is -0.315 e. The van der Waals surface area contributed by atoms with E-state index in [1.165, 1.54) is 7.05 Å². The van der Waals surface area contributed by atoms with Crippen molar-refractivity contribution >= 4 is 11.6 Å². The van der Waals surface area contributed by atoms with Gasteiger partial charge in [0.15, 0.2) is 0 Å². The third-order valence-electron chi connectivity index (χ3n) is 2.59. The SMILES string of the molecule is CN1C(=O)Cc2c1ccc(C(F)(F)F)c2F. The first-order valence-corrected chi connectivity index (χ1v) is 4.47. The smallest absolute Gasteiger partial charge is 0.315 e. The topological polar surface area (TPSA) is 20.3 Å². The maximum absolute atomic E-state index is 13.5. The number of hydrogen-bond donors (Lipinski definition) is 0. The third-order valence-corrected chi connectivity index (χ3v) is 2.59. The van der Waals surface area contributed by atoms with Crippen molar-refractivity contribution < 1.29 is 22.4 Å². The van der Waals surface area contributed by atoms with Gasteiger partial charge in [0.25, 0.3) is 0 Å². The van der Waals surface area contributed by atoms with Crippen LogP contribution in [0.15, 0.2) is 12.1 Å². The van der Waals surface area contributed by atoms with E-state index in [4.69, 9.17) is 0 Å². The number of carbonyl (C=O) groups is 1. The van der Waals surface area contributed by atoms with Crippen LogP contribution in [-0.4, -0.2) is 13.0 Å². The number of nitrogens with zero attached hydrogens (tertiary/aromatic N) is 1. The van der Waals surface area contributed by atoms with Crippen LogP contribution >= 0.6 is 0 Å². The quantitative estimate of drug-likeness (QED) is 0.630. The molecule has 1 aromatic carbocycles. The van der Waals surface area contributed by atoms with Gasteiger partial charge in [-0.1, -0.05) is 0 Å². The minimum atomic E-state index is -4.73. The molecule has 2 rings (SSSR count). The summed E-state index contributed by atoms with van der Waals surface area (Å²) in [6, 6.07) is 1.77. The number of anilines is 1. The summed E-state index contributed by atoms with van der Waals surface area (Å²) in [4.78, 5) is 12.4. The van der Waals surface area contributed by atoms with Crippen LogP contribution in [0.2, 0.25) is 0 Å². The molecule has 0 saturated carbocycles. The zero-order valence-corrected chi connectivity index (χ0v) is 8.23. The summed E-state index contributed by atoms with van der Waals surface area (Å²) in [6.07, 6.45) is -5.05. The number of amides is 1. The number of fused-ring (bicyclic) bond motifs is 1. The molecule has 0 atom stereocenters. The van der Waals surface area contributed by atoms with Gasteiger partial charge in [-0.2, -0.15) is 13.2 Å². The van der Waals surface area contributed by atoms with Gasteiger partial charge < -0.3 is 4.90 Å². The molecule has 0 N–H and O–H groups in total. The van der Waals surface area contributed by atoms with Gasteiger partial charge in [-0.05, 0) is 12.1 Å². The molecular formula is C10H7F4NO. The standard InChI is InChI=1S/C10H7F4NO/c1-15-7-3-2-6(10(12,13)14)9(11)5(7)4-8(15)16/h2-3H,4H2,1H3. The zero-order valence-electron chi connectivity index (χ0n) is 8.23. The van der Waals surface area contributed by atoms with Gasteiger partial charge in [0.2, 0.25) is 5.91 Å². The zero-order chi connectivity index (χ0) is 12.1. The number of alkyl halides is 3. The van der Waals surface area contributed by atoms with Crippen molar-refractivity contribution in [2.45, 2.75) is 12.6 Å². The van der Waals surface area contributed by atoms with E-state index in [0.29, 0.717) is 6.07 Å². The Balaban J connectivity index is 2.60. The highest BCUT2D eigenvalue weighted by atomic mass is 19.4. The summed E-state index contributed by atoms with van der Waals surface area (Å²) in [5, 5.41) is 0. The maximum atomic E-state index is 13.5. The number of hydrogen-bond acceptors (Lipinski definition) is 1. The first-order chi connectivity index (χ1) is 7.32. The summed E-state index contributed by atoms with van der Waals surface area (Å²) >= 11 is 0. The van der Waals surface area contributed by atoms with Gasteiger partial charge in [-0.3, -0.25) is 4.79 Å². The molecule has 0 fully saturated rings. The predicted octanol–water partition coefficient (Wildman–Crippen LogP) is 2.36. The van der Waals surface area contributed by atoms with E-state index in [9.17, 15) is 22.4 Å². The second-order valence-electron chi connectivity index (χ2n) is 3.55. The fourth-order valence-corrected chi connectivity index (χ4v) is 1.72. The van der Waals surface area contributed by atoms with Crippen LogP contribution < -0.4 is 4.90 Å². The van der Waals surface area contributed by atoms with Gasteiger partial charge in [0, 0.05) is 18.3 Å². The van der Waals surface area contributed by atoms with E-state index < -0.39 is 23.5 Å². The molecular weight excluding hydrogens is 226 g/mol. The van der Waals surface area contributed by atoms with Crippen molar-refractivity contribution in [3.63, 3.8) is 0 Å². The molecule has 1 aliphatic rings. The Labute approximate surface area is 88.5 Å². The van der Waals surface area contributed by atoms with Crippen molar-refractivity contribution in [2.24, 2.45) is 0 Å². The van der Waals surface area contributed by atoms with E-state index >= 15 is 0 Å². The normalized spacial score (nSPS) is 15.6. The lowest BCUT2D eigenvalue weighted by Crippen LogP contribution is -2.20. The Morgan fingerprint density at radius 2 is 1.94 bits per heavy atom. The maximum Gasteiger partial charge on any atom is 0.419 e. The fraction of sp³-hybridized carbons (Fsp3) is 0.300. The van der Waals surface area contributed by atoms with Crippen LogP contribution in [0.25, 0.3) is 0 Å². The first kappa shape index (κ1) is 10.9. The van der Waals surface area contributed by atoms with E-state index in [-0.39, 0.29) is 17.7 Å². The highest BCUT2D eigenvalue weighted by molar-refractivity contribution is 6.01. The van der Waals surface area contributed by atoms with Crippen LogP contribution in [0.5, 0.6) is 0 Å². The van der Waals surface area contributed by atoms with Crippen molar-refractivity contribution in [1.29, 1.82) is 0 Å². The average Bonchev–Trinajstić information content (AvgIpc) is 2.44. The Bertz CT molecular complexity index is 467. The summed E-state index contributed by atoms with van der Waals surface area (Å²) in [5.41, 5.74) is -1.30. The van der Waals surface area contributed by atoms with Gasteiger partial charge in [0.05, 0.1) is 12.0 Å². The molecule has 0 unspecified atom stereocenters. The van der Waals surface area contributed by atoms with Crippen LogP contribution in [0.3, 0.4) is 0 Å². The number of benzene rings is 1. The van der Waals surface area contributed by atoms with Gasteiger partial charge in [-0.25, -0.2) is 4.39 Å². The summed E-state index contributed by atoms with van der Waals surface area (Å²) in [6.45, 7) is 0. The summed E-state index contributed by atoms with van der Waals surface area (Å²) < 4.78 is 50.6. The molecule has 0 spiro atoms. The van der Waals surface area contributed by atoms with E-state index in [1.54, 1.807) is 0 Å². The molecule has 16 heavy (non-hydrogen) atoms. The first-order valence-electron chi connectivity index (χ1n) is 4.47. The molecule has 1 aliphatic heterocycles. The molecule has 1 aromatic rings. The predicted molar refractivity (Wildman–Crippen MR) is 48.5 cm³/mol. The second kappa shape index (κ2) is 3.20. The molecule has 2 nitrogen and oxygen atoms in total. The lowest BCUT2D eigenvalue weighted by molar-refractivity contribution is -0.140. The number of likely N-dealkylation sites (N-methyl/N-ethyl adjacent to an activating group) is 1. The average molecular weight is 233 g/mol. The number of carbonyl (C=O) groups excluding carboxylic acids is 1. The largest absolute Gasteiger partial charge is 0.419 e. The molecule has 0 radical (unpaired) electrons. The highest BCUT2D eigenvalue weighted by Crippen LogP contribution is 2.38. The summed E-state index contributed by atoms with van der Waals surface area (Å²) in [5.74, 6) is -1.75. The van der Waals surface area contributed by atoms with Crippen LogP contribution in [0.1, 0.15) is 11.1 Å². The van der Waals surface area contributed by atoms with Crippen LogP contribution in [-0.2, 0) is 17.4 Å². The molecule has 1 amide bonds. The van der Waals surface area contributed by atoms with Crippen molar-refractivity contribution in [3.8, 4) is 0 Å². The second-order valence-corrected chi connectivity index (χ2v) is 3.55. The monoisotopic (exact) mass is 233 g/mol. The highest BCUT2D eigenvalue weighted by Gasteiger charge is 2.38. The molecule has 0 aromatic heterocycles. The molecule has 1 heterocycles. The Morgan fingerprint density at radius 1 is 1.31 bits per heavy atom. The minimum absolute atomic E-state index is 0.178. The van der Waals surface area contributed by atoms with Crippen LogP contribution in [0.4, 0.5) is 23.2 Å². The van der Waals surface area contributed by atoms with E-state index in [2.05, 4.69) is 0 Å². The van der Waals surface area contributed by atoms with Crippen molar-refractivity contribution in [2.75, 3.05) is 11.9 Å². The Morgan fingerprint density at radius 3 is 2.50 bits per heavy atom. The van der Waals surface area contributed by atoms with Gasteiger partial charge >= 0.3 is 6.18 Å². The molecule has 0 bridgehead atoms. The Kier molecular flexibility index (Phi) is 2.18. The molecule has 86 valence electrons. The van der Waals surface area contributed by atoms with Crippen LogP contribution in [0, 0.1) is 5.82 Å². The van der Waals surface area contributed by atoms with E-state index in [1.807, 2.05) is 0 Å². The third kappa shape index (κ3) is 1.45. The Hall–Kier alpha value is -1.59. The molecule has 6 heteroatoms. The number of rotatable bonds is 0. The lowest BCUT2D eigenvalue weighted by Gasteiger charge is -2.13.